The first-order valence-corrected chi connectivity index (χ1v) is 12.1. The van der Waals surface area contributed by atoms with Crippen molar-refractivity contribution in [2.45, 2.75) is 37.8 Å². The number of hydrogen-bond acceptors (Lipinski definition) is 7. The fourth-order valence-electron chi connectivity index (χ4n) is 5.00. The summed E-state index contributed by atoms with van der Waals surface area (Å²) in [5.41, 5.74) is 2.95. The number of fused-ring (bicyclic) bond motifs is 1. The molecule has 5 rings (SSSR count). The van der Waals surface area contributed by atoms with Gasteiger partial charge >= 0.3 is 0 Å². The van der Waals surface area contributed by atoms with Gasteiger partial charge in [-0.25, -0.2) is 4.98 Å². The van der Waals surface area contributed by atoms with Crippen LogP contribution in [0, 0.1) is 0 Å². The Bertz CT molecular complexity index is 1130. The molecule has 0 bridgehead atoms. The Hall–Kier alpha value is -3.04. The summed E-state index contributed by atoms with van der Waals surface area (Å²) in [6, 6.07) is 6.52. The Morgan fingerprint density at radius 2 is 1.88 bits per heavy atom. The summed E-state index contributed by atoms with van der Waals surface area (Å²) >= 11 is 0. The van der Waals surface area contributed by atoms with E-state index < -0.39 is 0 Å². The lowest BCUT2D eigenvalue weighted by Crippen LogP contribution is -2.51. The molecule has 1 aromatic carbocycles. The van der Waals surface area contributed by atoms with Crippen molar-refractivity contribution in [3.05, 3.63) is 36.8 Å². The predicted octanol–water partition coefficient (Wildman–Crippen LogP) is 2.23. The van der Waals surface area contributed by atoms with E-state index in [9.17, 15) is 4.79 Å². The molecule has 3 aromatic rings. The molecule has 1 aliphatic heterocycles. The highest BCUT2D eigenvalue weighted by Crippen LogP contribution is 2.24. The number of nitrogens with zero attached hydrogens (tertiary/aromatic N) is 6. The normalized spacial score (nSPS) is 21.6. The van der Waals surface area contributed by atoms with Crippen LogP contribution in [0.3, 0.4) is 0 Å². The van der Waals surface area contributed by atoms with Crippen LogP contribution in [0.5, 0.6) is 0 Å². The largest absolute Gasteiger partial charge is 0.381 e. The lowest BCUT2D eigenvalue weighted by molar-refractivity contribution is -0.123. The molecule has 1 amide bonds. The number of anilines is 1. The number of aryl methyl sites for hydroxylation is 1. The minimum absolute atomic E-state index is 0.127. The van der Waals surface area contributed by atoms with Crippen molar-refractivity contribution < 1.29 is 9.53 Å². The summed E-state index contributed by atoms with van der Waals surface area (Å²) in [4.78, 5) is 26.4. The monoisotopic (exact) mass is 463 g/mol. The van der Waals surface area contributed by atoms with E-state index in [0.29, 0.717) is 12.6 Å². The standard InChI is InChI=1S/C25H33N7O2/c1-30-23-13-18(3-4-19(23)14-27-30)22-15-26-16-24(29-22)32-11-9-31(10-12-32)17-25(33)28-20-5-7-21(34-2)8-6-20/h3-4,13-16,20-21H,5-12,17H2,1-2H3,(H,28,33). The number of ether oxygens (including phenoxy) is 1. The third kappa shape index (κ3) is 5.05. The maximum atomic E-state index is 12.6. The van der Waals surface area contributed by atoms with Crippen LogP contribution in [0.2, 0.25) is 0 Å². The van der Waals surface area contributed by atoms with Crippen molar-refractivity contribution in [3.63, 3.8) is 0 Å². The van der Waals surface area contributed by atoms with Gasteiger partial charge in [-0.3, -0.25) is 19.4 Å². The molecule has 0 radical (unpaired) electrons. The van der Waals surface area contributed by atoms with Gasteiger partial charge in [0.1, 0.15) is 5.82 Å². The van der Waals surface area contributed by atoms with Gasteiger partial charge in [0.15, 0.2) is 0 Å². The molecule has 1 saturated carbocycles. The second-order valence-electron chi connectivity index (χ2n) is 9.34. The van der Waals surface area contributed by atoms with E-state index in [2.05, 4.69) is 43.4 Å². The van der Waals surface area contributed by atoms with E-state index in [4.69, 9.17) is 9.72 Å². The zero-order valence-electron chi connectivity index (χ0n) is 20.0. The van der Waals surface area contributed by atoms with Crippen molar-refractivity contribution in [2.75, 3.05) is 44.7 Å². The van der Waals surface area contributed by atoms with E-state index in [1.54, 1.807) is 7.11 Å². The molecule has 0 unspecified atom stereocenters. The molecule has 180 valence electrons. The zero-order valence-corrected chi connectivity index (χ0v) is 20.0. The van der Waals surface area contributed by atoms with Gasteiger partial charge in [0, 0.05) is 57.3 Å². The molecule has 1 saturated heterocycles. The first kappa shape index (κ1) is 22.7. The van der Waals surface area contributed by atoms with E-state index in [-0.39, 0.29) is 11.9 Å². The van der Waals surface area contributed by atoms with Crippen LogP contribution in [0.1, 0.15) is 25.7 Å². The minimum Gasteiger partial charge on any atom is -0.381 e. The first-order chi connectivity index (χ1) is 16.6. The van der Waals surface area contributed by atoms with Crippen LogP contribution in [0.4, 0.5) is 5.82 Å². The van der Waals surface area contributed by atoms with E-state index in [0.717, 1.165) is 79.8 Å². The summed E-state index contributed by atoms with van der Waals surface area (Å²) < 4.78 is 7.30. The Kier molecular flexibility index (Phi) is 6.73. The number of nitrogens with one attached hydrogen (secondary N) is 1. The summed E-state index contributed by atoms with van der Waals surface area (Å²) in [7, 11) is 3.71. The third-order valence-electron chi connectivity index (χ3n) is 7.10. The van der Waals surface area contributed by atoms with Gasteiger partial charge in [-0.15, -0.1) is 0 Å². The smallest absolute Gasteiger partial charge is 0.234 e. The molecule has 9 heteroatoms. The van der Waals surface area contributed by atoms with Gasteiger partial charge in [-0.1, -0.05) is 12.1 Å². The summed E-state index contributed by atoms with van der Waals surface area (Å²) in [5, 5.41) is 8.65. The lowest BCUT2D eigenvalue weighted by Gasteiger charge is -2.35. The molecule has 2 fully saturated rings. The number of rotatable bonds is 6. The Balaban J connectivity index is 1.15. The number of carbonyl (C=O) groups is 1. The molecule has 2 aliphatic rings. The Labute approximate surface area is 200 Å². The molecular formula is C25H33N7O2. The minimum atomic E-state index is 0.127. The number of hydrogen-bond donors (Lipinski definition) is 1. The van der Waals surface area contributed by atoms with Gasteiger partial charge in [-0.2, -0.15) is 5.10 Å². The molecule has 1 aliphatic carbocycles. The molecule has 2 aromatic heterocycles. The molecule has 0 atom stereocenters. The van der Waals surface area contributed by atoms with E-state index >= 15 is 0 Å². The topological polar surface area (TPSA) is 88.4 Å². The SMILES string of the molecule is COC1CCC(NC(=O)CN2CCN(c3cncc(-c4ccc5cnn(C)c5c4)n3)CC2)CC1. The quantitative estimate of drug-likeness (QED) is 0.600. The number of aromatic nitrogens is 4. The Morgan fingerprint density at radius 1 is 1.09 bits per heavy atom. The maximum absolute atomic E-state index is 12.6. The summed E-state index contributed by atoms with van der Waals surface area (Å²) in [6.45, 7) is 3.76. The molecule has 1 N–H and O–H groups in total. The van der Waals surface area contributed by atoms with Crippen LogP contribution in [0.25, 0.3) is 22.2 Å². The van der Waals surface area contributed by atoms with Gasteiger partial charge in [0.2, 0.25) is 5.91 Å². The van der Waals surface area contributed by atoms with Gasteiger partial charge < -0.3 is 15.0 Å². The van der Waals surface area contributed by atoms with Gasteiger partial charge in [0.05, 0.1) is 42.4 Å². The van der Waals surface area contributed by atoms with Crippen molar-refractivity contribution in [2.24, 2.45) is 7.05 Å². The molecule has 3 heterocycles. The number of amides is 1. The molecule has 34 heavy (non-hydrogen) atoms. The summed E-state index contributed by atoms with van der Waals surface area (Å²) in [6.07, 6.45) is 9.90. The predicted molar refractivity (Wildman–Crippen MR) is 132 cm³/mol. The van der Waals surface area contributed by atoms with Crippen LogP contribution >= 0.6 is 0 Å². The van der Waals surface area contributed by atoms with Crippen molar-refractivity contribution in [3.8, 4) is 11.3 Å². The number of piperazine rings is 1. The highest BCUT2D eigenvalue weighted by atomic mass is 16.5. The third-order valence-corrected chi connectivity index (χ3v) is 7.10. The van der Waals surface area contributed by atoms with Crippen LogP contribution in [0.15, 0.2) is 36.8 Å². The fourth-order valence-corrected chi connectivity index (χ4v) is 5.00. The number of benzene rings is 1. The highest BCUT2D eigenvalue weighted by molar-refractivity contribution is 5.83. The molecule has 9 nitrogen and oxygen atoms in total. The van der Waals surface area contributed by atoms with E-state index in [1.165, 1.54) is 0 Å². The van der Waals surface area contributed by atoms with E-state index in [1.807, 2.05) is 30.3 Å². The van der Waals surface area contributed by atoms with Crippen molar-refractivity contribution in [1.82, 2.24) is 30.0 Å². The van der Waals surface area contributed by atoms with Crippen LogP contribution in [-0.2, 0) is 16.6 Å². The van der Waals surface area contributed by atoms with Gasteiger partial charge in [0.25, 0.3) is 0 Å². The average Bonchev–Trinajstić information content (AvgIpc) is 3.25. The highest BCUT2D eigenvalue weighted by Gasteiger charge is 2.24. The molecular weight excluding hydrogens is 430 g/mol. The lowest BCUT2D eigenvalue weighted by atomic mass is 9.93. The fraction of sp³-hybridized carbons (Fsp3) is 0.520. The van der Waals surface area contributed by atoms with Crippen LogP contribution < -0.4 is 10.2 Å². The number of methoxy groups -OCH3 is 1. The van der Waals surface area contributed by atoms with Crippen molar-refractivity contribution in [1.29, 1.82) is 0 Å². The zero-order chi connectivity index (χ0) is 23.5. The van der Waals surface area contributed by atoms with Crippen LogP contribution in [-0.4, -0.2) is 82.5 Å². The van der Waals surface area contributed by atoms with Gasteiger partial charge in [-0.05, 0) is 31.7 Å². The number of carbonyl (C=O) groups excluding carboxylic acids is 1. The summed E-state index contributed by atoms with van der Waals surface area (Å²) in [5.74, 6) is 1.00. The Morgan fingerprint density at radius 3 is 2.65 bits per heavy atom. The second kappa shape index (κ2) is 10.1. The first-order valence-electron chi connectivity index (χ1n) is 12.1. The maximum Gasteiger partial charge on any atom is 0.234 e. The van der Waals surface area contributed by atoms with Crippen molar-refractivity contribution >= 4 is 22.6 Å². The second-order valence-corrected chi connectivity index (χ2v) is 9.34. The average molecular weight is 464 g/mol. The molecule has 0 spiro atoms.